The number of fused-ring (bicyclic) bond motifs is 1. The van der Waals surface area contributed by atoms with Crippen LogP contribution in [0.4, 0.5) is 0 Å². The number of hydrogen-bond acceptors (Lipinski definition) is 3. The van der Waals surface area contributed by atoms with Crippen molar-refractivity contribution >= 4 is 11.3 Å². The van der Waals surface area contributed by atoms with Crippen LogP contribution < -0.4 is 5.32 Å². The molecule has 1 aromatic carbocycles. The van der Waals surface area contributed by atoms with E-state index >= 15 is 0 Å². The minimum absolute atomic E-state index is 0.926. The Labute approximate surface area is 112 Å². The van der Waals surface area contributed by atoms with E-state index in [0.29, 0.717) is 0 Å². The van der Waals surface area contributed by atoms with Crippen LogP contribution in [0.3, 0.4) is 0 Å². The lowest BCUT2D eigenvalue weighted by atomic mass is 10.0. The van der Waals surface area contributed by atoms with Crippen LogP contribution in [0.15, 0.2) is 12.1 Å². The molecule has 0 aliphatic carbocycles. The highest BCUT2D eigenvalue weighted by molar-refractivity contribution is 7.15. The van der Waals surface area contributed by atoms with Crippen molar-refractivity contribution in [2.75, 3.05) is 6.54 Å². The summed E-state index contributed by atoms with van der Waals surface area (Å²) < 4.78 is 0. The van der Waals surface area contributed by atoms with Crippen LogP contribution >= 0.6 is 11.3 Å². The van der Waals surface area contributed by atoms with Crippen LogP contribution in [-0.2, 0) is 13.0 Å². The van der Waals surface area contributed by atoms with Gasteiger partial charge in [0.15, 0.2) is 0 Å². The summed E-state index contributed by atoms with van der Waals surface area (Å²) in [4.78, 5) is 6.29. The molecule has 1 aliphatic rings. The first-order valence-electron chi connectivity index (χ1n) is 6.42. The van der Waals surface area contributed by atoms with Crippen LogP contribution in [0, 0.1) is 20.8 Å². The molecule has 1 aromatic heterocycles. The Kier molecular flexibility index (Phi) is 2.96. The molecule has 3 heteroatoms. The molecule has 94 valence electrons. The third kappa shape index (κ3) is 1.98. The second kappa shape index (κ2) is 4.48. The molecule has 0 saturated heterocycles. The van der Waals surface area contributed by atoms with E-state index in [1.807, 2.05) is 11.3 Å². The first kappa shape index (κ1) is 11.9. The lowest BCUT2D eigenvalue weighted by Gasteiger charge is -2.09. The number of thiazole rings is 1. The standard InChI is InChI=1S/C15H18N2S/c1-9-6-10(2)14(11(3)7-9)15-17-12-8-16-5-4-13(12)18-15/h6-7,16H,4-5,8H2,1-3H3. The van der Waals surface area contributed by atoms with Gasteiger partial charge in [-0.3, -0.25) is 0 Å². The van der Waals surface area contributed by atoms with Gasteiger partial charge in [-0.2, -0.15) is 0 Å². The SMILES string of the molecule is Cc1cc(C)c(-c2nc3c(s2)CCNC3)c(C)c1. The van der Waals surface area contributed by atoms with Gasteiger partial charge in [0, 0.05) is 23.5 Å². The topological polar surface area (TPSA) is 24.9 Å². The zero-order valence-electron chi connectivity index (χ0n) is 11.1. The molecule has 1 N–H and O–H groups in total. The zero-order valence-corrected chi connectivity index (χ0v) is 11.9. The van der Waals surface area contributed by atoms with Crippen LogP contribution in [0.25, 0.3) is 10.6 Å². The number of hydrogen-bond donors (Lipinski definition) is 1. The second-order valence-corrected chi connectivity index (χ2v) is 6.17. The Bertz CT molecular complexity index is 552. The number of aromatic nitrogens is 1. The highest BCUT2D eigenvalue weighted by Crippen LogP contribution is 2.34. The van der Waals surface area contributed by atoms with Gasteiger partial charge in [0.2, 0.25) is 0 Å². The van der Waals surface area contributed by atoms with E-state index in [0.717, 1.165) is 19.5 Å². The lowest BCUT2D eigenvalue weighted by Crippen LogP contribution is -2.22. The first-order valence-corrected chi connectivity index (χ1v) is 7.24. The molecule has 3 rings (SSSR count). The molecule has 0 saturated carbocycles. The van der Waals surface area contributed by atoms with E-state index in [-0.39, 0.29) is 0 Å². The fourth-order valence-electron chi connectivity index (χ4n) is 2.75. The molecule has 2 heterocycles. The molecule has 18 heavy (non-hydrogen) atoms. The van der Waals surface area contributed by atoms with Crippen LogP contribution in [0.5, 0.6) is 0 Å². The molecule has 0 bridgehead atoms. The summed E-state index contributed by atoms with van der Waals surface area (Å²) in [5.74, 6) is 0. The first-order chi connectivity index (χ1) is 8.65. The predicted molar refractivity (Wildman–Crippen MR) is 77.2 cm³/mol. The van der Waals surface area contributed by atoms with Gasteiger partial charge < -0.3 is 5.32 Å². The smallest absolute Gasteiger partial charge is 0.124 e. The Morgan fingerprint density at radius 3 is 2.56 bits per heavy atom. The summed E-state index contributed by atoms with van der Waals surface area (Å²) in [5, 5.41) is 4.58. The molecule has 0 unspecified atom stereocenters. The van der Waals surface area contributed by atoms with Crippen molar-refractivity contribution in [3.63, 3.8) is 0 Å². The van der Waals surface area contributed by atoms with Gasteiger partial charge in [0.05, 0.1) is 5.69 Å². The van der Waals surface area contributed by atoms with Gasteiger partial charge >= 0.3 is 0 Å². The molecular formula is C15H18N2S. The average molecular weight is 258 g/mol. The summed E-state index contributed by atoms with van der Waals surface area (Å²) in [6, 6.07) is 4.50. The quantitative estimate of drug-likeness (QED) is 0.848. The number of rotatable bonds is 1. The van der Waals surface area contributed by atoms with Crippen molar-refractivity contribution in [2.45, 2.75) is 33.7 Å². The Hall–Kier alpha value is -1.19. The summed E-state index contributed by atoms with van der Waals surface area (Å²) in [7, 11) is 0. The lowest BCUT2D eigenvalue weighted by molar-refractivity contribution is 0.639. The summed E-state index contributed by atoms with van der Waals surface area (Å²) in [5.41, 5.74) is 6.59. The van der Waals surface area contributed by atoms with Crippen LogP contribution in [0.1, 0.15) is 27.3 Å². The number of aryl methyl sites for hydroxylation is 3. The Balaban J connectivity index is 2.12. The third-order valence-corrected chi connectivity index (χ3v) is 4.67. The van der Waals surface area contributed by atoms with Crippen molar-refractivity contribution in [3.8, 4) is 10.6 Å². The van der Waals surface area contributed by atoms with Gasteiger partial charge in [-0.1, -0.05) is 17.7 Å². The number of nitrogens with one attached hydrogen (secondary N) is 1. The average Bonchev–Trinajstić information content (AvgIpc) is 2.70. The fraction of sp³-hybridized carbons (Fsp3) is 0.400. The molecule has 1 aliphatic heterocycles. The van der Waals surface area contributed by atoms with E-state index in [1.165, 1.54) is 37.8 Å². The van der Waals surface area contributed by atoms with E-state index in [9.17, 15) is 0 Å². The van der Waals surface area contributed by atoms with Gasteiger partial charge in [0.1, 0.15) is 5.01 Å². The number of benzene rings is 1. The van der Waals surface area contributed by atoms with Crippen LogP contribution in [0.2, 0.25) is 0 Å². The van der Waals surface area contributed by atoms with Crippen molar-refractivity contribution in [1.29, 1.82) is 0 Å². The van der Waals surface area contributed by atoms with Crippen molar-refractivity contribution in [1.82, 2.24) is 10.3 Å². The van der Waals surface area contributed by atoms with Crippen LogP contribution in [-0.4, -0.2) is 11.5 Å². The Morgan fingerprint density at radius 1 is 1.17 bits per heavy atom. The minimum atomic E-state index is 0.926. The Morgan fingerprint density at radius 2 is 1.89 bits per heavy atom. The van der Waals surface area contributed by atoms with E-state index in [1.54, 1.807) is 0 Å². The molecular weight excluding hydrogens is 240 g/mol. The molecule has 2 aromatic rings. The maximum absolute atomic E-state index is 4.83. The second-order valence-electron chi connectivity index (χ2n) is 5.09. The van der Waals surface area contributed by atoms with Crippen molar-refractivity contribution < 1.29 is 0 Å². The van der Waals surface area contributed by atoms with E-state index in [2.05, 4.69) is 38.2 Å². The highest BCUT2D eigenvalue weighted by atomic mass is 32.1. The third-order valence-electron chi connectivity index (χ3n) is 3.49. The van der Waals surface area contributed by atoms with E-state index < -0.39 is 0 Å². The summed E-state index contributed by atoms with van der Waals surface area (Å²) in [6.07, 6.45) is 1.12. The minimum Gasteiger partial charge on any atom is -0.311 e. The monoisotopic (exact) mass is 258 g/mol. The highest BCUT2D eigenvalue weighted by Gasteiger charge is 2.17. The molecule has 0 amide bonds. The maximum Gasteiger partial charge on any atom is 0.124 e. The fourth-order valence-corrected chi connectivity index (χ4v) is 4.00. The maximum atomic E-state index is 4.83. The number of nitrogens with zero attached hydrogens (tertiary/aromatic N) is 1. The van der Waals surface area contributed by atoms with Gasteiger partial charge in [0.25, 0.3) is 0 Å². The normalized spacial score (nSPS) is 14.6. The predicted octanol–water partition coefficient (Wildman–Crippen LogP) is 3.38. The van der Waals surface area contributed by atoms with Crippen molar-refractivity contribution in [3.05, 3.63) is 39.4 Å². The largest absolute Gasteiger partial charge is 0.311 e. The molecule has 0 radical (unpaired) electrons. The van der Waals surface area contributed by atoms with Crippen molar-refractivity contribution in [2.24, 2.45) is 0 Å². The van der Waals surface area contributed by atoms with Gasteiger partial charge in [-0.25, -0.2) is 4.98 Å². The van der Waals surface area contributed by atoms with E-state index in [4.69, 9.17) is 4.98 Å². The molecule has 0 atom stereocenters. The zero-order chi connectivity index (χ0) is 12.7. The molecule has 0 spiro atoms. The summed E-state index contributed by atoms with van der Waals surface area (Å²) >= 11 is 1.87. The summed E-state index contributed by atoms with van der Waals surface area (Å²) in [6.45, 7) is 8.54. The molecule has 0 fully saturated rings. The van der Waals surface area contributed by atoms with Gasteiger partial charge in [-0.05, 0) is 38.3 Å². The molecule has 2 nitrogen and oxygen atoms in total. The van der Waals surface area contributed by atoms with Gasteiger partial charge in [-0.15, -0.1) is 11.3 Å².